The molecule has 0 unspecified atom stereocenters. The molecule has 1 rings (SSSR count). The van der Waals surface area contributed by atoms with Gasteiger partial charge in [-0.3, -0.25) is 0 Å². The van der Waals surface area contributed by atoms with Crippen molar-refractivity contribution in [1.82, 2.24) is 4.98 Å². The van der Waals surface area contributed by atoms with Crippen LogP contribution >= 0.6 is 11.3 Å². The molecule has 0 bridgehead atoms. The van der Waals surface area contributed by atoms with Crippen molar-refractivity contribution in [2.75, 3.05) is 25.6 Å². The molecular weight excluding hydrogens is 200 g/mol. The zero-order chi connectivity index (χ0) is 10.7. The van der Waals surface area contributed by atoms with Crippen LogP contribution in [0.1, 0.15) is 22.3 Å². The third-order valence-corrected chi connectivity index (χ3v) is 2.93. The van der Waals surface area contributed by atoms with Gasteiger partial charge in [-0.25, -0.2) is 9.78 Å². The molecule has 5 heteroatoms. The average Bonchev–Trinajstić information content (AvgIpc) is 2.48. The normalized spacial score (nSPS) is 10.0. The van der Waals surface area contributed by atoms with E-state index in [-0.39, 0.29) is 5.97 Å². The van der Waals surface area contributed by atoms with Gasteiger partial charge in [-0.1, -0.05) is 11.3 Å². The van der Waals surface area contributed by atoms with Crippen molar-refractivity contribution in [2.24, 2.45) is 0 Å². The van der Waals surface area contributed by atoms with Crippen LogP contribution in [0.25, 0.3) is 0 Å². The second kappa shape index (κ2) is 4.41. The summed E-state index contributed by atoms with van der Waals surface area (Å²) < 4.78 is 4.91. The number of thiazole rings is 1. The van der Waals surface area contributed by atoms with E-state index in [9.17, 15) is 4.79 Å². The monoisotopic (exact) mass is 214 g/mol. The quantitative estimate of drug-likeness (QED) is 0.718. The van der Waals surface area contributed by atoms with Crippen LogP contribution in [0.2, 0.25) is 0 Å². The number of carbonyl (C=O) groups is 1. The van der Waals surface area contributed by atoms with Gasteiger partial charge in [0.05, 0.1) is 12.3 Å². The second-order valence-electron chi connectivity index (χ2n) is 3.03. The smallest absolute Gasteiger partial charge is 0.350 e. The van der Waals surface area contributed by atoms with Gasteiger partial charge >= 0.3 is 5.97 Å². The Morgan fingerprint density at radius 3 is 2.64 bits per heavy atom. The van der Waals surface area contributed by atoms with Crippen LogP contribution in [-0.4, -0.2) is 31.7 Å². The largest absolute Gasteiger partial charge is 0.462 e. The van der Waals surface area contributed by atoms with Gasteiger partial charge in [-0.05, 0) is 13.8 Å². The Labute approximate surface area is 87.5 Å². The van der Waals surface area contributed by atoms with Crippen LogP contribution in [-0.2, 0) is 4.74 Å². The highest BCUT2D eigenvalue weighted by atomic mass is 32.1. The molecule has 0 aromatic carbocycles. The molecule has 78 valence electrons. The molecule has 1 aromatic rings. The van der Waals surface area contributed by atoms with E-state index in [2.05, 4.69) is 4.98 Å². The lowest BCUT2D eigenvalue weighted by Gasteiger charge is -2.05. The minimum absolute atomic E-state index is 0.282. The van der Waals surface area contributed by atoms with E-state index in [0.717, 1.165) is 10.8 Å². The molecule has 0 aliphatic carbocycles. The van der Waals surface area contributed by atoms with Crippen LogP contribution in [0, 0.1) is 6.92 Å². The summed E-state index contributed by atoms with van der Waals surface area (Å²) in [7, 11) is 3.79. The maximum atomic E-state index is 11.4. The van der Waals surface area contributed by atoms with E-state index in [1.54, 1.807) is 6.92 Å². The third kappa shape index (κ3) is 2.23. The highest BCUT2D eigenvalue weighted by Crippen LogP contribution is 2.24. The average molecular weight is 214 g/mol. The van der Waals surface area contributed by atoms with Gasteiger partial charge in [0.25, 0.3) is 0 Å². The van der Waals surface area contributed by atoms with Gasteiger partial charge < -0.3 is 9.64 Å². The Hall–Kier alpha value is -1.10. The van der Waals surface area contributed by atoms with Crippen LogP contribution < -0.4 is 4.90 Å². The third-order valence-electron chi connectivity index (χ3n) is 1.63. The lowest BCUT2D eigenvalue weighted by Crippen LogP contribution is -2.07. The summed E-state index contributed by atoms with van der Waals surface area (Å²) >= 11 is 1.36. The minimum Gasteiger partial charge on any atom is -0.462 e. The fraction of sp³-hybridized carbons (Fsp3) is 0.556. The molecule has 0 N–H and O–H groups in total. The number of carbonyl (C=O) groups excluding carboxylic acids is 1. The number of hydrogen-bond donors (Lipinski definition) is 0. The fourth-order valence-electron chi connectivity index (χ4n) is 0.960. The summed E-state index contributed by atoms with van der Waals surface area (Å²) in [4.78, 5) is 18.2. The lowest BCUT2D eigenvalue weighted by atomic mass is 10.4. The maximum Gasteiger partial charge on any atom is 0.350 e. The second-order valence-corrected chi connectivity index (χ2v) is 4.00. The summed E-state index contributed by atoms with van der Waals surface area (Å²) in [5.41, 5.74) is 0.733. The Morgan fingerprint density at radius 1 is 1.57 bits per heavy atom. The molecule has 14 heavy (non-hydrogen) atoms. The van der Waals surface area contributed by atoms with Crippen LogP contribution in [0.3, 0.4) is 0 Å². The van der Waals surface area contributed by atoms with Gasteiger partial charge in [0, 0.05) is 14.1 Å². The Kier molecular flexibility index (Phi) is 3.46. The Morgan fingerprint density at radius 2 is 2.21 bits per heavy atom. The predicted octanol–water partition coefficient (Wildman–Crippen LogP) is 1.69. The molecule has 0 saturated carbocycles. The molecule has 0 aliphatic heterocycles. The van der Waals surface area contributed by atoms with E-state index >= 15 is 0 Å². The number of ether oxygens (including phenoxy) is 1. The van der Waals surface area contributed by atoms with Gasteiger partial charge in [0.2, 0.25) is 0 Å². The Bertz CT molecular complexity index is 334. The first-order chi connectivity index (χ1) is 6.56. The van der Waals surface area contributed by atoms with Crippen molar-refractivity contribution in [2.45, 2.75) is 13.8 Å². The topological polar surface area (TPSA) is 42.4 Å². The highest BCUT2D eigenvalue weighted by Gasteiger charge is 2.16. The molecule has 0 spiro atoms. The summed E-state index contributed by atoms with van der Waals surface area (Å²) in [5, 5.41) is 0.825. The summed E-state index contributed by atoms with van der Waals surface area (Å²) in [6, 6.07) is 0. The molecule has 0 atom stereocenters. The number of aromatic nitrogens is 1. The number of rotatable bonds is 3. The Balaban J connectivity index is 2.92. The van der Waals surface area contributed by atoms with E-state index in [0.29, 0.717) is 11.5 Å². The molecule has 4 nitrogen and oxygen atoms in total. The fourth-order valence-corrected chi connectivity index (χ4v) is 1.84. The van der Waals surface area contributed by atoms with Gasteiger partial charge in [-0.2, -0.15) is 0 Å². The van der Waals surface area contributed by atoms with Crippen molar-refractivity contribution >= 4 is 22.4 Å². The van der Waals surface area contributed by atoms with Crippen LogP contribution in [0.5, 0.6) is 0 Å². The van der Waals surface area contributed by atoms with E-state index in [1.807, 2.05) is 25.9 Å². The summed E-state index contributed by atoms with van der Waals surface area (Å²) in [5.74, 6) is -0.282. The van der Waals surface area contributed by atoms with Crippen LogP contribution in [0.15, 0.2) is 0 Å². The molecule has 0 saturated heterocycles. The molecule has 0 fully saturated rings. The van der Waals surface area contributed by atoms with Crippen molar-refractivity contribution in [3.63, 3.8) is 0 Å². The van der Waals surface area contributed by atoms with E-state index in [4.69, 9.17) is 4.74 Å². The summed E-state index contributed by atoms with van der Waals surface area (Å²) in [6.07, 6.45) is 0. The number of nitrogens with zero attached hydrogens (tertiary/aromatic N) is 2. The first kappa shape index (κ1) is 11.0. The minimum atomic E-state index is -0.282. The maximum absolute atomic E-state index is 11.4. The molecule has 0 amide bonds. The molecule has 1 heterocycles. The number of aryl methyl sites for hydroxylation is 1. The SMILES string of the molecule is CCOC(=O)c1sc(N(C)C)nc1C. The molecule has 0 aliphatic rings. The van der Waals surface area contributed by atoms with Crippen molar-refractivity contribution < 1.29 is 9.53 Å². The van der Waals surface area contributed by atoms with Crippen LogP contribution in [0.4, 0.5) is 5.13 Å². The van der Waals surface area contributed by atoms with Crippen molar-refractivity contribution in [3.05, 3.63) is 10.6 Å². The van der Waals surface area contributed by atoms with E-state index < -0.39 is 0 Å². The van der Waals surface area contributed by atoms with Gasteiger partial charge in [0.15, 0.2) is 5.13 Å². The number of anilines is 1. The standard InChI is InChI=1S/C9H14N2O2S/c1-5-13-8(12)7-6(2)10-9(14-7)11(3)4/h5H2,1-4H3. The zero-order valence-corrected chi connectivity index (χ0v) is 9.64. The number of hydrogen-bond acceptors (Lipinski definition) is 5. The summed E-state index contributed by atoms with van der Waals surface area (Å²) in [6.45, 7) is 4.00. The highest BCUT2D eigenvalue weighted by molar-refractivity contribution is 7.17. The molecular formula is C9H14N2O2S. The lowest BCUT2D eigenvalue weighted by molar-refractivity contribution is 0.0531. The molecule has 1 aromatic heterocycles. The first-order valence-electron chi connectivity index (χ1n) is 4.38. The van der Waals surface area contributed by atoms with Gasteiger partial charge in [-0.15, -0.1) is 0 Å². The molecule has 0 radical (unpaired) electrons. The van der Waals surface area contributed by atoms with E-state index in [1.165, 1.54) is 11.3 Å². The van der Waals surface area contributed by atoms with Gasteiger partial charge in [0.1, 0.15) is 4.88 Å². The van der Waals surface area contributed by atoms with Crippen molar-refractivity contribution in [1.29, 1.82) is 0 Å². The first-order valence-corrected chi connectivity index (χ1v) is 5.19. The number of esters is 1. The predicted molar refractivity (Wildman–Crippen MR) is 57.1 cm³/mol. The van der Waals surface area contributed by atoms with Crippen molar-refractivity contribution in [3.8, 4) is 0 Å². The zero-order valence-electron chi connectivity index (χ0n) is 8.83.